The van der Waals surface area contributed by atoms with Crippen molar-refractivity contribution in [2.75, 3.05) is 13.7 Å². The molecule has 0 fully saturated rings. The topological polar surface area (TPSA) is 34.4 Å². The highest BCUT2D eigenvalue weighted by Gasteiger charge is 2.17. The first-order valence-corrected chi connectivity index (χ1v) is 7.63. The van der Waals surface area contributed by atoms with Crippen LogP contribution in [-0.2, 0) is 6.42 Å². The Bertz CT molecular complexity index is 522. The third kappa shape index (κ3) is 3.87. The van der Waals surface area contributed by atoms with E-state index in [2.05, 4.69) is 40.3 Å². The molecule has 1 unspecified atom stereocenters. The average molecular weight is 338 g/mol. The van der Waals surface area contributed by atoms with Crippen molar-refractivity contribution in [2.45, 2.75) is 25.8 Å². The van der Waals surface area contributed by atoms with Crippen LogP contribution in [0.2, 0.25) is 0 Å². The summed E-state index contributed by atoms with van der Waals surface area (Å²) >= 11 is 3.54. The summed E-state index contributed by atoms with van der Waals surface area (Å²) in [5.41, 5.74) is 1.25. The standard InChI is InChI=1S/C16H20BrNO2/c1-3-9-18-15(16-14(17)8-10-20-16)11-12-4-6-13(19-2)7-5-12/h4-8,10,15,18H,3,9,11H2,1-2H3. The number of halogens is 1. The zero-order valence-electron chi connectivity index (χ0n) is 11.9. The maximum absolute atomic E-state index is 5.61. The summed E-state index contributed by atoms with van der Waals surface area (Å²) in [4.78, 5) is 0. The lowest BCUT2D eigenvalue weighted by Gasteiger charge is -2.17. The van der Waals surface area contributed by atoms with Gasteiger partial charge in [-0.05, 0) is 59.1 Å². The summed E-state index contributed by atoms with van der Waals surface area (Å²) < 4.78 is 11.8. The van der Waals surface area contributed by atoms with Crippen molar-refractivity contribution in [3.05, 3.63) is 52.4 Å². The maximum Gasteiger partial charge on any atom is 0.135 e. The van der Waals surface area contributed by atoms with Crippen molar-refractivity contribution in [2.24, 2.45) is 0 Å². The Morgan fingerprint density at radius 2 is 2.00 bits per heavy atom. The molecule has 1 heterocycles. The van der Waals surface area contributed by atoms with E-state index in [1.54, 1.807) is 13.4 Å². The number of benzene rings is 1. The second kappa shape index (κ2) is 7.50. The summed E-state index contributed by atoms with van der Waals surface area (Å²) in [6.45, 7) is 3.13. The van der Waals surface area contributed by atoms with Crippen molar-refractivity contribution >= 4 is 15.9 Å². The van der Waals surface area contributed by atoms with Crippen molar-refractivity contribution in [1.82, 2.24) is 5.32 Å². The van der Waals surface area contributed by atoms with Gasteiger partial charge in [-0.3, -0.25) is 0 Å². The Morgan fingerprint density at radius 1 is 1.25 bits per heavy atom. The van der Waals surface area contributed by atoms with Crippen LogP contribution in [0.15, 0.2) is 45.5 Å². The molecule has 0 aliphatic rings. The Hall–Kier alpha value is -1.26. The zero-order valence-corrected chi connectivity index (χ0v) is 13.4. The van der Waals surface area contributed by atoms with E-state index in [-0.39, 0.29) is 6.04 Å². The Morgan fingerprint density at radius 3 is 2.55 bits per heavy atom. The lowest BCUT2D eigenvalue weighted by molar-refractivity contribution is 0.406. The summed E-state index contributed by atoms with van der Waals surface area (Å²) in [6, 6.07) is 10.3. The van der Waals surface area contributed by atoms with Gasteiger partial charge in [0, 0.05) is 0 Å². The van der Waals surface area contributed by atoms with Crippen LogP contribution in [0.5, 0.6) is 5.75 Å². The number of nitrogens with one attached hydrogen (secondary N) is 1. The minimum Gasteiger partial charge on any atom is -0.497 e. The first kappa shape index (κ1) is 15.1. The van der Waals surface area contributed by atoms with Crippen LogP contribution in [0, 0.1) is 0 Å². The number of hydrogen-bond donors (Lipinski definition) is 1. The number of rotatable bonds is 7. The van der Waals surface area contributed by atoms with E-state index in [0.29, 0.717) is 0 Å². The predicted molar refractivity (Wildman–Crippen MR) is 84.1 cm³/mol. The molecular formula is C16H20BrNO2. The van der Waals surface area contributed by atoms with E-state index in [1.807, 2.05) is 18.2 Å². The third-order valence-electron chi connectivity index (χ3n) is 3.20. The van der Waals surface area contributed by atoms with E-state index in [1.165, 1.54) is 5.56 Å². The van der Waals surface area contributed by atoms with E-state index in [0.717, 1.165) is 35.4 Å². The lowest BCUT2D eigenvalue weighted by atomic mass is 10.0. The number of ether oxygens (including phenoxy) is 1. The smallest absolute Gasteiger partial charge is 0.135 e. The molecule has 0 spiro atoms. The lowest BCUT2D eigenvalue weighted by Crippen LogP contribution is -2.24. The largest absolute Gasteiger partial charge is 0.497 e. The molecule has 2 aromatic rings. The zero-order chi connectivity index (χ0) is 14.4. The van der Waals surface area contributed by atoms with Crippen LogP contribution in [0.3, 0.4) is 0 Å². The minimum absolute atomic E-state index is 0.174. The number of hydrogen-bond acceptors (Lipinski definition) is 3. The fourth-order valence-electron chi connectivity index (χ4n) is 2.13. The molecule has 0 radical (unpaired) electrons. The van der Waals surface area contributed by atoms with E-state index in [9.17, 15) is 0 Å². The van der Waals surface area contributed by atoms with E-state index in [4.69, 9.17) is 9.15 Å². The highest BCUT2D eigenvalue weighted by molar-refractivity contribution is 9.10. The van der Waals surface area contributed by atoms with Gasteiger partial charge < -0.3 is 14.5 Å². The third-order valence-corrected chi connectivity index (χ3v) is 3.86. The van der Waals surface area contributed by atoms with Gasteiger partial charge in [-0.15, -0.1) is 0 Å². The van der Waals surface area contributed by atoms with Crippen LogP contribution >= 0.6 is 15.9 Å². The fraction of sp³-hybridized carbons (Fsp3) is 0.375. The molecule has 0 aliphatic carbocycles. The molecular weight excluding hydrogens is 318 g/mol. The Kier molecular flexibility index (Phi) is 5.68. The monoisotopic (exact) mass is 337 g/mol. The Balaban J connectivity index is 2.12. The molecule has 1 aromatic carbocycles. The normalized spacial score (nSPS) is 12.3. The fourth-order valence-corrected chi connectivity index (χ4v) is 2.61. The summed E-state index contributed by atoms with van der Waals surface area (Å²) in [5.74, 6) is 1.83. The average Bonchev–Trinajstić information content (AvgIpc) is 2.90. The minimum atomic E-state index is 0.174. The molecule has 108 valence electrons. The predicted octanol–water partition coefficient (Wildman–Crippen LogP) is 4.33. The number of furan rings is 1. The highest BCUT2D eigenvalue weighted by Crippen LogP contribution is 2.27. The first-order chi connectivity index (χ1) is 9.74. The molecule has 0 amide bonds. The van der Waals surface area contributed by atoms with Crippen LogP contribution in [-0.4, -0.2) is 13.7 Å². The van der Waals surface area contributed by atoms with Gasteiger partial charge in [-0.1, -0.05) is 19.1 Å². The summed E-state index contributed by atoms with van der Waals surface area (Å²) in [7, 11) is 1.68. The van der Waals surface area contributed by atoms with Crippen LogP contribution in [0.1, 0.15) is 30.7 Å². The second-order valence-corrected chi connectivity index (χ2v) is 5.55. The summed E-state index contributed by atoms with van der Waals surface area (Å²) in [6.07, 6.45) is 3.70. The quantitative estimate of drug-likeness (QED) is 0.816. The van der Waals surface area contributed by atoms with Crippen molar-refractivity contribution < 1.29 is 9.15 Å². The first-order valence-electron chi connectivity index (χ1n) is 6.83. The molecule has 0 aliphatic heterocycles. The molecule has 0 saturated carbocycles. The van der Waals surface area contributed by atoms with Crippen LogP contribution < -0.4 is 10.1 Å². The highest BCUT2D eigenvalue weighted by atomic mass is 79.9. The van der Waals surface area contributed by atoms with Crippen molar-refractivity contribution in [3.8, 4) is 5.75 Å². The molecule has 2 rings (SSSR count). The Labute approximate surface area is 128 Å². The molecule has 1 N–H and O–H groups in total. The molecule has 0 bridgehead atoms. The van der Waals surface area contributed by atoms with Gasteiger partial charge in [0.25, 0.3) is 0 Å². The molecule has 4 heteroatoms. The molecule has 20 heavy (non-hydrogen) atoms. The van der Waals surface area contributed by atoms with Crippen LogP contribution in [0.4, 0.5) is 0 Å². The molecule has 3 nitrogen and oxygen atoms in total. The van der Waals surface area contributed by atoms with Gasteiger partial charge >= 0.3 is 0 Å². The summed E-state index contributed by atoms with van der Waals surface area (Å²) in [5, 5.41) is 3.53. The van der Waals surface area contributed by atoms with E-state index < -0.39 is 0 Å². The van der Waals surface area contributed by atoms with Crippen molar-refractivity contribution in [3.63, 3.8) is 0 Å². The van der Waals surface area contributed by atoms with Crippen LogP contribution in [0.25, 0.3) is 0 Å². The van der Waals surface area contributed by atoms with E-state index >= 15 is 0 Å². The van der Waals surface area contributed by atoms with Gasteiger partial charge in [0.05, 0.1) is 23.9 Å². The molecule has 1 atom stereocenters. The SMILES string of the molecule is CCCNC(Cc1ccc(OC)cc1)c1occc1Br. The van der Waals surface area contributed by atoms with Gasteiger partial charge in [0.15, 0.2) is 0 Å². The maximum atomic E-state index is 5.61. The van der Waals surface area contributed by atoms with Gasteiger partial charge in [-0.2, -0.15) is 0 Å². The number of methoxy groups -OCH3 is 1. The van der Waals surface area contributed by atoms with Gasteiger partial charge in [0.2, 0.25) is 0 Å². The van der Waals surface area contributed by atoms with Gasteiger partial charge in [0.1, 0.15) is 11.5 Å². The van der Waals surface area contributed by atoms with Crippen molar-refractivity contribution in [1.29, 1.82) is 0 Å². The van der Waals surface area contributed by atoms with Gasteiger partial charge in [-0.25, -0.2) is 0 Å². The molecule has 1 aromatic heterocycles. The second-order valence-electron chi connectivity index (χ2n) is 4.69. The molecule has 0 saturated heterocycles.